The van der Waals surface area contributed by atoms with Crippen molar-refractivity contribution in [1.82, 2.24) is 15.1 Å². The van der Waals surface area contributed by atoms with Crippen LogP contribution < -0.4 is 5.32 Å². The predicted octanol–water partition coefficient (Wildman–Crippen LogP) is 1.03. The maximum Gasteiger partial charge on any atom is 0.193 e. The van der Waals surface area contributed by atoms with E-state index in [-0.39, 0.29) is 0 Å². The van der Waals surface area contributed by atoms with Gasteiger partial charge in [-0.1, -0.05) is 0 Å². The normalized spacial score (nSPS) is 28.8. The van der Waals surface area contributed by atoms with E-state index in [2.05, 4.69) is 20.1 Å². The molecule has 6 nitrogen and oxygen atoms in total. The summed E-state index contributed by atoms with van der Waals surface area (Å²) in [5, 5.41) is 3.62. The molecule has 1 aliphatic carbocycles. The molecule has 2 saturated heterocycles. The van der Waals surface area contributed by atoms with Gasteiger partial charge in [0.25, 0.3) is 0 Å². The van der Waals surface area contributed by atoms with Gasteiger partial charge in [0.05, 0.1) is 19.8 Å². The quantitative estimate of drug-likeness (QED) is 0.407. The monoisotopic (exact) mass is 338 g/mol. The minimum Gasteiger partial charge on any atom is -0.382 e. The number of nitrogens with one attached hydrogen (secondary N) is 1. The Labute approximate surface area is 146 Å². The van der Waals surface area contributed by atoms with E-state index in [9.17, 15) is 0 Å². The molecule has 138 valence electrons. The van der Waals surface area contributed by atoms with Crippen LogP contribution in [0.5, 0.6) is 0 Å². The topological polar surface area (TPSA) is 49.3 Å². The summed E-state index contributed by atoms with van der Waals surface area (Å²) >= 11 is 0. The van der Waals surface area contributed by atoms with Crippen molar-refractivity contribution in [3.05, 3.63) is 0 Å². The molecule has 0 radical (unpaired) electrons. The molecule has 0 spiro atoms. The van der Waals surface area contributed by atoms with Crippen LogP contribution in [0.4, 0.5) is 0 Å². The first-order valence-electron chi connectivity index (χ1n) is 9.56. The Morgan fingerprint density at radius 2 is 1.92 bits per heavy atom. The highest BCUT2D eigenvalue weighted by Crippen LogP contribution is 2.31. The highest BCUT2D eigenvalue weighted by Gasteiger charge is 2.34. The maximum atomic E-state index is 5.68. The summed E-state index contributed by atoms with van der Waals surface area (Å²) in [7, 11) is 3.61. The molecule has 1 saturated carbocycles. The average Bonchev–Trinajstić information content (AvgIpc) is 3.16. The standard InChI is InChI=1S/C18H34N4O2/c1-19-18(20-11-15-5-7-21(12-15)17-3-4-17)22-8-6-16(13-22)14-24-10-9-23-2/h15-17H,3-14H2,1-2H3,(H,19,20). The highest BCUT2D eigenvalue weighted by molar-refractivity contribution is 5.80. The van der Waals surface area contributed by atoms with Crippen LogP contribution in [0.15, 0.2) is 4.99 Å². The van der Waals surface area contributed by atoms with Crippen LogP contribution in [-0.2, 0) is 9.47 Å². The van der Waals surface area contributed by atoms with Crippen LogP contribution in [0, 0.1) is 11.8 Å². The van der Waals surface area contributed by atoms with E-state index in [1.54, 1.807) is 7.11 Å². The van der Waals surface area contributed by atoms with Crippen LogP contribution >= 0.6 is 0 Å². The number of aliphatic imine (C=N–C) groups is 1. The molecule has 0 aromatic heterocycles. The van der Waals surface area contributed by atoms with Crippen LogP contribution in [0.3, 0.4) is 0 Å². The third-order valence-corrected chi connectivity index (χ3v) is 5.51. The van der Waals surface area contributed by atoms with E-state index in [1.165, 1.54) is 38.8 Å². The number of likely N-dealkylation sites (tertiary alicyclic amines) is 2. The summed E-state index contributed by atoms with van der Waals surface area (Å²) < 4.78 is 10.7. The van der Waals surface area contributed by atoms with Gasteiger partial charge in [-0.15, -0.1) is 0 Å². The van der Waals surface area contributed by atoms with Crippen LogP contribution in [0.1, 0.15) is 25.7 Å². The van der Waals surface area contributed by atoms with Gasteiger partial charge in [-0.2, -0.15) is 0 Å². The van der Waals surface area contributed by atoms with Gasteiger partial charge in [-0.3, -0.25) is 4.99 Å². The molecule has 1 N–H and O–H groups in total. The molecule has 3 fully saturated rings. The summed E-state index contributed by atoms with van der Waals surface area (Å²) in [5.74, 6) is 2.45. The minimum atomic E-state index is 0.609. The summed E-state index contributed by atoms with van der Waals surface area (Å²) in [5.41, 5.74) is 0. The Kier molecular flexibility index (Phi) is 6.75. The molecular formula is C18H34N4O2. The highest BCUT2D eigenvalue weighted by atomic mass is 16.5. The first kappa shape index (κ1) is 18.0. The van der Waals surface area contributed by atoms with Gasteiger partial charge in [-0.25, -0.2) is 0 Å². The minimum absolute atomic E-state index is 0.609. The van der Waals surface area contributed by atoms with Gasteiger partial charge >= 0.3 is 0 Å². The third-order valence-electron chi connectivity index (χ3n) is 5.51. The first-order valence-corrected chi connectivity index (χ1v) is 9.56. The van der Waals surface area contributed by atoms with E-state index < -0.39 is 0 Å². The Balaban J connectivity index is 1.34. The van der Waals surface area contributed by atoms with Crippen LogP contribution in [0.25, 0.3) is 0 Å². The van der Waals surface area contributed by atoms with Crippen molar-refractivity contribution in [3.63, 3.8) is 0 Å². The Morgan fingerprint density at radius 1 is 1.08 bits per heavy atom. The molecule has 24 heavy (non-hydrogen) atoms. The van der Waals surface area contributed by atoms with E-state index in [1.807, 2.05) is 7.05 Å². The van der Waals surface area contributed by atoms with Crippen molar-refractivity contribution in [2.45, 2.75) is 31.7 Å². The summed E-state index contributed by atoms with van der Waals surface area (Å²) in [6, 6.07) is 0.909. The van der Waals surface area contributed by atoms with Crippen molar-refractivity contribution in [2.24, 2.45) is 16.8 Å². The third kappa shape index (κ3) is 5.07. The molecule has 2 aliphatic heterocycles. The van der Waals surface area contributed by atoms with E-state index in [0.717, 1.165) is 44.2 Å². The molecule has 3 rings (SSSR count). The first-order chi connectivity index (χ1) is 11.8. The second-order valence-corrected chi connectivity index (χ2v) is 7.48. The Bertz CT molecular complexity index is 414. The summed E-state index contributed by atoms with van der Waals surface area (Å²) in [4.78, 5) is 9.56. The van der Waals surface area contributed by atoms with Gasteiger partial charge < -0.3 is 24.6 Å². The fraction of sp³-hybridized carbons (Fsp3) is 0.944. The molecule has 2 heterocycles. The second-order valence-electron chi connectivity index (χ2n) is 7.48. The zero-order valence-corrected chi connectivity index (χ0v) is 15.4. The lowest BCUT2D eigenvalue weighted by Crippen LogP contribution is -2.42. The van der Waals surface area contributed by atoms with Crippen molar-refractivity contribution in [1.29, 1.82) is 0 Å². The fourth-order valence-corrected chi connectivity index (χ4v) is 3.92. The van der Waals surface area contributed by atoms with Gasteiger partial charge in [0.15, 0.2) is 5.96 Å². The predicted molar refractivity (Wildman–Crippen MR) is 96.4 cm³/mol. The Hall–Kier alpha value is -0.850. The number of nitrogens with zero attached hydrogens (tertiary/aromatic N) is 3. The zero-order chi connectivity index (χ0) is 16.8. The SMILES string of the molecule is CN=C(NCC1CCN(C2CC2)C1)N1CCC(COCCOC)C1. The van der Waals surface area contributed by atoms with Gasteiger partial charge in [-0.05, 0) is 38.1 Å². The second kappa shape index (κ2) is 9.02. The van der Waals surface area contributed by atoms with E-state index >= 15 is 0 Å². The smallest absolute Gasteiger partial charge is 0.193 e. The number of hydrogen-bond donors (Lipinski definition) is 1. The molecular weight excluding hydrogens is 304 g/mol. The zero-order valence-electron chi connectivity index (χ0n) is 15.4. The number of methoxy groups -OCH3 is 1. The molecule has 2 unspecified atom stereocenters. The van der Waals surface area contributed by atoms with Crippen molar-refractivity contribution < 1.29 is 9.47 Å². The van der Waals surface area contributed by atoms with Gasteiger partial charge in [0.2, 0.25) is 0 Å². The van der Waals surface area contributed by atoms with Gasteiger partial charge in [0, 0.05) is 52.3 Å². The fourth-order valence-electron chi connectivity index (χ4n) is 3.92. The molecule has 0 bridgehead atoms. The molecule has 0 amide bonds. The lowest BCUT2D eigenvalue weighted by Gasteiger charge is -2.23. The van der Waals surface area contributed by atoms with E-state index in [4.69, 9.17) is 9.47 Å². The number of guanidine groups is 1. The Morgan fingerprint density at radius 3 is 2.67 bits per heavy atom. The van der Waals surface area contributed by atoms with E-state index in [0.29, 0.717) is 19.1 Å². The number of hydrogen-bond acceptors (Lipinski definition) is 4. The molecule has 2 atom stereocenters. The average molecular weight is 338 g/mol. The van der Waals surface area contributed by atoms with Crippen molar-refractivity contribution in [3.8, 4) is 0 Å². The lowest BCUT2D eigenvalue weighted by atomic mass is 10.1. The molecule has 6 heteroatoms. The maximum absolute atomic E-state index is 5.68. The molecule has 0 aromatic carbocycles. The van der Waals surface area contributed by atoms with Gasteiger partial charge in [0.1, 0.15) is 0 Å². The van der Waals surface area contributed by atoms with Crippen LogP contribution in [0.2, 0.25) is 0 Å². The van der Waals surface area contributed by atoms with Crippen molar-refractivity contribution >= 4 is 5.96 Å². The van der Waals surface area contributed by atoms with Crippen molar-refractivity contribution in [2.75, 3.05) is 66.7 Å². The summed E-state index contributed by atoms with van der Waals surface area (Å²) in [6.07, 6.45) is 5.36. The summed E-state index contributed by atoms with van der Waals surface area (Å²) in [6.45, 7) is 7.95. The molecule has 3 aliphatic rings. The number of rotatable bonds is 8. The van der Waals surface area contributed by atoms with Crippen LogP contribution in [-0.4, -0.2) is 88.5 Å². The number of ether oxygens (including phenoxy) is 2. The largest absolute Gasteiger partial charge is 0.382 e. The molecule has 0 aromatic rings. The lowest BCUT2D eigenvalue weighted by molar-refractivity contribution is 0.0536.